The van der Waals surface area contributed by atoms with Gasteiger partial charge in [0.15, 0.2) is 0 Å². The van der Waals surface area contributed by atoms with Gasteiger partial charge in [0.1, 0.15) is 0 Å². The minimum Gasteiger partial charge on any atom is -0.338 e. The van der Waals surface area contributed by atoms with Crippen LogP contribution in [-0.4, -0.2) is 17.4 Å². The number of halogens is 2. The van der Waals surface area contributed by atoms with Crippen molar-refractivity contribution in [1.82, 2.24) is 4.90 Å². The molecule has 0 spiro atoms. The highest BCUT2D eigenvalue weighted by atomic mass is 35.5. The van der Waals surface area contributed by atoms with E-state index in [9.17, 15) is 4.79 Å². The van der Waals surface area contributed by atoms with E-state index in [2.05, 4.69) is 18.2 Å². The number of nitrogens with zero attached hydrogens (tertiary/aromatic N) is 1. The largest absolute Gasteiger partial charge is 0.338 e. The summed E-state index contributed by atoms with van der Waals surface area (Å²) in [6.07, 6.45) is 2.01. The van der Waals surface area contributed by atoms with Crippen molar-refractivity contribution in [2.75, 3.05) is 6.54 Å². The summed E-state index contributed by atoms with van der Waals surface area (Å²) >= 11 is 12.2. The SMILES string of the molecule is O=C(CCc1cccc(Cl)c1Cl)N1CCc2ccccc2C1. The van der Waals surface area contributed by atoms with Crippen molar-refractivity contribution in [2.45, 2.75) is 25.8 Å². The molecule has 0 saturated heterocycles. The third-order valence-corrected chi connectivity index (χ3v) is 4.98. The van der Waals surface area contributed by atoms with Crippen molar-refractivity contribution in [2.24, 2.45) is 0 Å². The first-order valence-electron chi connectivity index (χ1n) is 7.42. The van der Waals surface area contributed by atoms with Gasteiger partial charge in [-0.2, -0.15) is 0 Å². The third kappa shape index (κ3) is 3.29. The summed E-state index contributed by atoms with van der Waals surface area (Å²) in [5.41, 5.74) is 3.53. The van der Waals surface area contributed by atoms with Gasteiger partial charge in [-0.3, -0.25) is 4.79 Å². The molecule has 0 aliphatic carbocycles. The summed E-state index contributed by atoms with van der Waals surface area (Å²) in [4.78, 5) is 14.4. The maximum absolute atomic E-state index is 12.4. The van der Waals surface area contributed by atoms with E-state index in [1.807, 2.05) is 23.1 Å². The number of carbonyl (C=O) groups excluding carboxylic acids is 1. The molecule has 114 valence electrons. The summed E-state index contributed by atoms with van der Waals surface area (Å²) in [5, 5.41) is 1.10. The van der Waals surface area contributed by atoms with Crippen LogP contribution in [0.5, 0.6) is 0 Å². The Labute approximate surface area is 140 Å². The van der Waals surface area contributed by atoms with Crippen LogP contribution in [0, 0.1) is 0 Å². The zero-order valence-electron chi connectivity index (χ0n) is 12.2. The van der Waals surface area contributed by atoms with Crippen LogP contribution in [-0.2, 0) is 24.2 Å². The molecule has 0 atom stereocenters. The average Bonchev–Trinajstić information content (AvgIpc) is 2.55. The minimum absolute atomic E-state index is 0.172. The fourth-order valence-corrected chi connectivity index (χ4v) is 3.26. The van der Waals surface area contributed by atoms with E-state index in [4.69, 9.17) is 23.2 Å². The van der Waals surface area contributed by atoms with Crippen LogP contribution in [0.2, 0.25) is 10.0 Å². The normalized spacial score (nSPS) is 13.8. The van der Waals surface area contributed by atoms with Crippen LogP contribution < -0.4 is 0 Å². The first-order chi connectivity index (χ1) is 10.6. The molecule has 0 unspecified atom stereocenters. The van der Waals surface area contributed by atoms with Gasteiger partial charge < -0.3 is 4.90 Å². The van der Waals surface area contributed by atoms with E-state index < -0.39 is 0 Å². The molecule has 2 aromatic rings. The fourth-order valence-electron chi connectivity index (χ4n) is 2.85. The summed E-state index contributed by atoms with van der Waals surface area (Å²) in [7, 11) is 0. The highest BCUT2D eigenvalue weighted by Crippen LogP contribution is 2.27. The maximum Gasteiger partial charge on any atom is 0.223 e. The van der Waals surface area contributed by atoms with Crippen molar-refractivity contribution < 1.29 is 4.79 Å². The third-order valence-electron chi connectivity index (χ3n) is 4.12. The lowest BCUT2D eigenvalue weighted by molar-refractivity contribution is -0.132. The number of aryl methyl sites for hydroxylation is 1. The van der Waals surface area contributed by atoms with Gasteiger partial charge in [0.25, 0.3) is 0 Å². The second-order valence-electron chi connectivity index (χ2n) is 5.55. The van der Waals surface area contributed by atoms with Crippen molar-refractivity contribution in [3.63, 3.8) is 0 Å². The molecule has 22 heavy (non-hydrogen) atoms. The Morgan fingerprint density at radius 1 is 1.05 bits per heavy atom. The van der Waals surface area contributed by atoms with Gasteiger partial charge in [-0.25, -0.2) is 0 Å². The first-order valence-corrected chi connectivity index (χ1v) is 8.18. The Morgan fingerprint density at radius 2 is 1.82 bits per heavy atom. The van der Waals surface area contributed by atoms with Crippen molar-refractivity contribution >= 4 is 29.1 Å². The standard InChI is InChI=1S/C18H17Cl2NO/c19-16-7-3-6-14(18(16)20)8-9-17(22)21-11-10-13-4-1-2-5-15(13)12-21/h1-7H,8-12H2. The molecule has 2 aromatic carbocycles. The van der Waals surface area contributed by atoms with Gasteiger partial charge in [0.2, 0.25) is 5.91 Å². The fraction of sp³-hybridized carbons (Fsp3) is 0.278. The van der Waals surface area contributed by atoms with Gasteiger partial charge in [0.05, 0.1) is 10.0 Å². The predicted molar refractivity (Wildman–Crippen MR) is 90.3 cm³/mol. The first kappa shape index (κ1) is 15.4. The molecule has 0 aromatic heterocycles. The molecule has 1 aliphatic heterocycles. The van der Waals surface area contributed by atoms with E-state index in [-0.39, 0.29) is 5.91 Å². The number of fused-ring (bicyclic) bond motifs is 1. The molecule has 0 N–H and O–H groups in total. The molecular weight excluding hydrogens is 317 g/mol. The topological polar surface area (TPSA) is 20.3 Å². The van der Waals surface area contributed by atoms with Gasteiger partial charge >= 0.3 is 0 Å². The second kappa shape index (κ2) is 6.72. The molecule has 0 saturated carbocycles. The predicted octanol–water partition coefficient (Wildman–Crippen LogP) is 4.51. The summed E-state index contributed by atoms with van der Waals surface area (Å²) in [5.74, 6) is 0.172. The molecule has 3 rings (SSSR count). The van der Waals surface area contributed by atoms with E-state index in [1.165, 1.54) is 11.1 Å². The Bertz CT molecular complexity index is 699. The number of benzene rings is 2. The smallest absolute Gasteiger partial charge is 0.223 e. The van der Waals surface area contributed by atoms with E-state index in [1.54, 1.807) is 6.07 Å². The van der Waals surface area contributed by atoms with E-state index >= 15 is 0 Å². The lowest BCUT2D eigenvalue weighted by atomic mass is 9.99. The summed E-state index contributed by atoms with van der Waals surface area (Å²) < 4.78 is 0. The molecule has 0 fully saturated rings. The average molecular weight is 334 g/mol. The Kier molecular flexibility index (Phi) is 4.70. The zero-order valence-corrected chi connectivity index (χ0v) is 13.7. The van der Waals surface area contributed by atoms with E-state index in [0.29, 0.717) is 29.4 Å². The molecule has 2 nitrogen and oxygen atoms in total. The van der Waals surface area contributed by atoms with Crippen LogP contribution in [0.3, 0.4) is 0 Å². The van der Waals surface area contributed by atoms with Crippen LogP contribution in [0.25, 0.3) is 0 Å². The van der Waals surface area contributed by atoms with E-state index in [0.717, 1.165) is 18.5 Å². The van der Waals surface area contributed by atoms with Crippen LogP contribution >= 0.6 is 23.2 Å². The number of carbonyl (C=O) groups is 1. The highest BCUT2D eigenvalue weighted by molar-refractivity contribution is 6.42. The lowest BCUT2D eigenvalue weighted by Gasteiger charge is -2.29. The molecule has 4 heteroatoms. The van der Waals surface area contributed by atoms with Crippen LogP contribution in [0.1, 0.15) is 23.1 Å². The van der Waals surface area contributed by atoms with Crippen molar-refractivity contribution in [1.29, 1.82) is 0 Å². The minimum atomic E-state index is 0.172. The maximum atomic E-state index is 12.4. The number of hydrogen-bond donors (Lipinski definition) is 0. The Hall–Kier alpha value is -1.51. The molecule has 1 aliphatic rings. The molecule has 0 bridgehead atoms. The zero-order chi connectivity index (χ0) is 15.5. The Balaban J connectivity index is 1.63. The van der Waals surface area contributed by atoms with Gasteiger partial charge in [-0.15, -0.1) is 0 Å². The highest BCUT2D eigenvalue weighted by Gasteiger charge is 2.20. The Morgan fingerprint density at radius 3 is 2.64 bits per heavy atom. The van der Waals surface area contributed by atoms with Crippen molar-refractivity contribution in [3.8, 4) is 0 Å². The molecule has 1 amide bonds. The van der Waals surface area contributed by atoms with Gasteiger partial charge in [0, 0.05) is 19.5 Å². The van der Waals surface area contributed by atoms with Gasteiger partial charge in [-0.1, -0.05) is 59.6 Å². The number of rotatable bonds is 3. The van der Waals surface area contributed by atoms with Crippen LogP contribution in [0.15, 0.2) is 42.5 Å². The molecule has 1 heterocycles. The number of hydrogen-bond acceptors (Lipinski definition) is 1. The lowest BCUT2D eigenvalue weighted by Crippen LogP contribution is -2.36. The van der Waals surface area contributed by atoms with Gasteiger partial charge in [-0.05, 0) is 35.6 Å². The quantitative estimate of drug-likeness (QED) is 0.809. The molecular formula is C18H17Cl2NO. The summed E-state index contributed by atoms with van der Waals surface area (Å²) in [6, 6.07) is 13.9. The number of amides is 1. The molecule has 0 radical (unpaired) electrons. The van der Waals surface area contributed by atoms with Crippen LogP contribution in [0.4, 0.5) is 0 Å². The monoisotopic (exact) mass is 333 g/mol. The summed E-state index contributed by atoms with van der Waals surface area (Å²) in [6.45, 7) is 1.50. The second-order valence-corrected chi connectivity index (χ2v) is 6.33. The van der Waals surface area contributed by atoms with Crippen molar-refractivity contribution in [3.05, 3.63) is 69.2 Å².